The smallest absolute Gasteiger partial charge is 0.258 e. The van der Waals surface area contributed by atoms with Crippen molar-refractivity contribution < 1.29 is 4.79 Å². The van der Waals surface area contributed by atoms with Gasteiger partial charge in [0.2, 0.25) is 0 Å². The number of nitrogens with zero attached hydrogens (tertiary/aromatic N) is 2. The molecule has 134 valence electrons. The zero-order chi connectivity index (χ0) is 18.7. The Kier molecular flexibility index (Phi) is 5.14. The van der Waals surface area contributed by atoms with Gasteiger partial charge in [-0.2, -0.15) is 0 Å². The van der Waals surface area contributed by atoms with E-state index in [9.17, 15) is 9.59 Å². The van der Waals surface area contributed by atoms with Crippen LogP contribution in [-0.4, -0.2) is 34.9 Å². The van der Waals surface area contributed by atoms with Crippen molar-refractivity contribution in [3.63, 3.8) is 0 Å². The van der Waals surface area contributed by atoms with Crippen molar-refractivity contribution in [2.24, 2.45) is 0 Å². The Balaban J connectivity index is 1.78. The highest BCUT2D eigenvalue weighted by Crippen LogP contribution is 2.18. The first kappa shape index (κ1) is 17.8. The highest BCUT2D eigenvalue weighted by molar-refractivity contribution is 5.93. The number of hydrogen-bond acceptors (Lipinski definition) is 4. The van der Waals surface area contributed by atoms with Crippen LogP contribution in [0, 0.1) is 0 Å². The molecule has 6 heteroatoms. The molecular formula is C20H22N4O2. The molecule has 1 atom stereocenters. The molecule has 3 aromatic rings. The Labute approximate surface area is 151 Å². The number of para-hydroxylation sites is 1. The number of aromatic nitrogens is 2. The van der Waals surface area contributed by atoms with Gasteiger partial charge in [0, 0.05) is 19.2 Å². The lowest BCUT2D eigenvalue weighted by Gasteiger charge is -2.24. The van der Waals surface area contributed by atoms with Crippen molar-refractivity contribution in [3.8, 4) is 0 Å². The van der Waals surface area contributed by atoms with E-state index in [-0.39, 0.29) is 17.5 Å². The van der Waals surface area contributed by atoms with Crippen LogP contribution in [0.1, 0.15) is 34.7 Å². The number of fused-ring (bicyclic) bond motifs is 1. The van der Waals surface area contributed by atoms with E-state index in [1.54, 1.807) is 13.1 Å². The van der Waals surface area contributed by atoms with E-state index in [1.165, 1.54) is 0 Å². The molecule has 0 fully saturated rings. The van der Waals surface area contributed by atoms with E-state index in [4.69, 9.17) is 0 Å². The van der Waals surface area contributed by atoms with E-state index in [2.05, 4.69) is 20.2 Å². The Morgan fingerprint density at radius 1 is 1.19 bits per heavy atom. The maximum absolute atomic E-state index is 12.3. The van der Waals surface area contributed by atoms with Crippen LogP contribution < -0.4 is 10.9 Å². The third-order valence-corrected chi connectivity index (χ3v) is 4.56. The molecule has 0 radical (unpaired) electrons. The second-order valence-corrected chi connectivity index (χ2v) is 6.34. The molecule has 2 N–H and O–H groups in total. The molecule has 0 aliphatic heterocycles. The summed E-state index contributed by atoms with van der Waals surface area (Å²) in [5.74, 6) is 0.536. The number of aromatic amines is 1. The minimum atomic E-state index is -0.124. The number of H-pyrrole nitrogens is 1. The molecule has 0 saturated carbocycles. The van der Waals surface area contributed by atoms with Crippen LogP contribution in [0.2, 0.25) is 0 Å². The lowest BCUT2D eigenvalue weighted by Crippen LogP contribution is -2.26. The van der Waals surface area contributed by atoms with Crippen LogP contribution >= 0.6 is 0 Å². The molecule has 1 amide bonds. The van der Waals surface area contributed by atoms with Crippen molar-refractivity contribution in [2.75, 3.05) is 14.1 Å². The van der Waals surface area contributed by atoms with Gasteiger partial charge >= 0.3 is 0 Å². The molecule has 0 bridgehead atoms. The zero-order valence-corrected chi connectivity index (χ0v) is 15.1. The Hall–Kier alpha value is -2.99. The number of benzene rings is 2. The van der Waals surface area contributed by atoms with Crippen LogP contribution in [0.4, 0.5) is 0 Å². The Morgan fingerprint density at radius 3 is 2.58 bits per heavy atom. The van der Waals surface area contributed by atoms with Gasteiger partial charge in [-0.3, -0.25) is 14.5 Å². The van der Waals surface area contributed by atoms with E-state index < -0.39 is 0 Å². The standard InChI is InChI=1S/C20H22N4O2/c1-13(18-22-17-7-5-4-6-16(17)20(26)23-18)24(3)12-14-8-10-15(11-9-14)19(25)21-2/h4-11,13H,12H2,1-3H3,(H,21,25)(H,22,23,26)/t13-/m1/s1. The lowest BCUT2D eigenvalue weighted by molar-refractivity contribution is 0.0963. The molecule has 0 aliphatic carbocycles. The normalized spacial score (nSPS) is 12.3. The van der Waals surface area contributed by atoms with Crippen LogP contribution in [0.25, 0.3) is 10.9 Å². The number of amides is 1. The first-order valence-electron chi connectivity index (χ1n) is 8.50. The summed E-state index contributed by atoms with van der Waals surface area (Å²) in [6.45, 7) is 2.68. The van der Waals surface area contributed by atoms with Gasteiger partial charge in [0.1, 0.15) is 5.82 Å². The first-order chi connectivity index (χ1) is 12.5. The highest BCUT2D eigenvalue weighted by Gasteiger charge is 2.16. The third kappa shape index (κ3) is 3.65. The van der Waals surface area contributed by atoms with E-state index in [1.807, 2.05) is 56.4 Å². The van der Waals surface area contributed by atoms with Gasteiger partial charge in [0.25, 0.3) is 11.5 Å². The van der Waals surface area contributed by atoms with Crippen molar-refractivity contribution in [1.82, 2.24) is 20.2 Å². The summed E-state index contributed by atoms with van der Waals surface area (Å²) in [5.41, 5.74) is 2.28. The molecule has 2 aromatic carbocycles. The molecule has 1 aromatic heterocycles. The van der Waals surface area contributed by atoms with E-state index in [0.717, 1.165) is 5.56 Å². The molecule has 0 unspecified atom stereocenters. The maximum Gasteiger partial charge on any atom is 0.258 e. The number of rotatable bonds is 5. The summed E-state index contributed by atoms with van der Waals surface area (Å²) in [6, 6.07) is 14.7. The van der Waals surface area contributed by atoms with Crippen LogP contribution in [0.5, 0.6) is 0 Å². The van der Waals surface area contributed by atoms with Crippen LogP contribution in [0.3, 0.4) is 0 Å². The minimum absolute atomic E-state index is 0.0640. The summed E-state index contributed by atoms with van der Waals surface area (Å²) in [7, 11) is 3.59. The van der Waals surface area contributed by atoms with Gasteiger partial charge in [-0.1, -0.05) is 24.3 Å². The minimum Gasteiger partial charge on any atom is -0.355 e. The number of carbonyl (C=O) groups is 1. The largest absolute Gasteiger partial charge is 0.355 e. The predicted octanol–water partition coefficient (Wildman–Crippen LogP) is 2.48. The quantitative estimate of drug-likeness (QED) is 0.741. The molecular weight excluding hydrogens is 328 g/mol. The van der Waals surface area contributed by atoms with Crippen LogP contribution in [0.15, 0.2) is 53.3 Å². The first-order valence-corrected chi connectivity index (χ1v) is 8.50. The molecule has 26 heavy (non-hydrogen) atoms. The van der Waals surface area contributed by atoms with Crippen molar-refractivity contribution >= 4 is 16.8 Å². The zero-order valence-electron chi connectivity index (χ0n) is 15.1. The van der Waals surface area contributed by atoms with E-state index in [0.29, 0.717) is 28.8 Å². The highest BCUT2D eigenvalue weighted by atomic mass is 16.1. The van der Waals surface area contributed by atoms with Crippen molar-refractivity contribution in [2.45, 2.75) is 19.5 Å². The van der Waals surface area contributed by atoms with Gasteiger partial charge < -0.3 is 10.3 Å². The summed E-state index contributed by atoms with van der Waals surface area (Å²) in [6.07, 6.45) is 0. The van der Waals surface area contributed by atoms with Gasteiger partial charge in [0.15, 0.2) is 0 Å². The molecule has 0 aliphatic rings. The van der Waals surface area contributed by atoms with Crippen LogP contribution in [-0.2, 0) is 6.54 Å². The second-order valence-electron chi connectivity index (χ2n) is 6.34. The molecule has 3 rings (SSSR count). The second kappa shape index (κ2) is 7.49. The number of carbonyl (C=O) groups excluding carboxylic acids is 1. The fourth-order valence-electron chi connectivity index (χ4n) is 2.84. The molecule has 1 heterocycles. The van der Waals surface area contributed by atoms with E-state index >= 15 is 0 Å². The Bertz CT molecular complexity index is 979. The topological polar surface area (TPSA) is 78.1 Å². The summed E-state index contributed by atoms with van der Waals surface area (Å²) >= 11 is 0. The molecule has 6 nitrogen and oxygen atoms in total. The lowest BCUT2D eigenvalue weighted by atomic mass is 10.1. The average molecular weight is 350 g/mol. The van der Waals surface area contributed by atoms with Gasteiger partial charge in [0.05, 0.1) is 16.9 Å². The fourth-order valence-corrected chi connectivity index (χ4v) is 2.84. The SMILES string of the molecule is CNC(=O)c1ccc(CN(C)[C@H](C)c2nc3ccccc3c(=O)[nH]2)cc1. The summed E-state index contributed by atoms with van der Waals surface area (Å²) < 4.78 is 0. The third-order valence-electron chi connectivity index (χ3n) is 4.56. The number of nitrogens with one attached hydrogen (secondary N) is 2. The van der Waals surface area contributed by atoms with Gasteiger partial charge in [-0.15, -0.1) is 0 Å². The maximum atomic E-state index is 12.3. The molecule has 0 spiro atoms. The number of hydrogen-bond donors (Lipinski definition) is 2. The summed E-state index contributed by atoms with van der Waals surface area (Å²) in [5, 5.41) is 3.20. The van der Waals surface area contributed by atoms with Gasteiger partial charge in [-0.25, -0.2) is 4.98 Å². The molecule has 0 saturated heterocycles. The average Bonchev–Trinajstić information content (AvgIpc) is 2.67. The summed E-state index contributed by atoms with van der Waals surface area (Å²) in [4.78, 5) is 33.5. The van der Waals surface area contributed by atoms with Crippen molar-refractivity contribution in [1.29, 1.82) is 0 Å². The fraction of sp³-hybridized carbons (Fsp3) is 0.250. The van der Waals surface area contributed by atoms with Crippen molar-refractivity contribution in [3.05, 3.63) is 75.8 Å². The van der Waals surface area contributed by atoms with Gasteiger partial charge in [-0.05, 0) is 43.8 Å². The monoisotopic (exact) mass is 350 g/mol. The Morgan fingerprint density at radius 2 is 1.88 bits per heavy atom. The predicted molar refractivity (Wildman–Crippen MR) is 102 cm³/mol.